The van der Waals surface area contributed by atoms with Gasteiger partial charge in [-0.2, -0.15) is 0 Å². The van der Waals surface area contributed by atoms with Crippen molar-refractivity contribution in [2.24, 2.45) is 0 Å². The molecule has 0 saturated carbocycles. The summed E-state index contributed by atoms with van der Waals surface area (Å²) in [6.45, 7) is 0.806. The van der Waals surface area contributed by atoms with E-state index in [9.17, 15) is 10.1 Å². The van der Waals surface area contributed by atoms with E-state index >= 15 is 0 Å². The van der Waals surface area contributed by atoms with E-state index in [1.165, 1.54) is 12.3 Å². The van der Waals surface area contributed by atoms with Crippen LogP contribution in [0.15, 0.2) is 22.8 Å². The summed E-state index contributed by atoms with van der Waals surface area (Å²) in [7, 11) is 0. The van der Waals surface area contributed by atoms with Crippen LogP contribution >= 0.6 is 0 Å². The first-order valence-corrected chi connectivity index (χ1v) is 2.31. The third-order valence-corrected chi connectivity index (χ3v) is 0.776. The van der Waals surface area contributed by atoms with Crippen LogP contribution in [0.3, 0.4) is 0 Å². The molecule has 0 spiro atoms. The van der Waals surface area contributed by atoms with Gasteiger partial charge in [-0.3, -0.25) is 10.1 Å². The van der Waals surface area contributed by atoms with Crippen molar-refractivity contribution in [3.8, 4) is 0 Å². The number of rotatable bonds is 2. The van der Waals surface area contributed by atoms with Crippen LogP contribution in [-0.4, -0.2) is 4.92 Å². The molecule has 0 atom stereocenters. The summed E-state index contributed by atoms with van der Waals surface area (Å²) < 4.78 is 4.65. The SMILES string of the molecule is O=[N+]([O-])[CH]c1ccco1. The van der Waals surface area contributed by atoms with Gasteiger partial charge in [-0.1, -0.05) is 0 Å². The predicted molar refractivity (Wildman–Crippen MR) is 29.1 cm³/mol. The van der Waals surface area contributed by atoms with E-state index in [1.807, 2.05) is 0 Å². The highest BCUT2D eigenvalue weighted by Crippen LogP contribution is 2.01. The van der Waals surface area contributed by atoms with Crippen molar-refractivity contribution in [1.82, 2.24) is 0 Å². The molecule has 1 heterocycles. The normalized spacial score (nSPS) is 9.33. The van der Waals surface area contributed by atoms with Gasteiger partial charge >= 0.3 is 6.54 Å². The summed E-state index contributed by atoms with van der Waals surface area (Å²) in [5.41, 5.74) is 0. The van der Waals surface area contributed by atoms with E-state index in [4.69, 9.17) is 0 Å². The second-order valence-corrected chi connectivity index (χ2v) is 1.43. The minimum Gasteiger partial charge on any atom is -0.462 e. The Morgan fingerprint density at radius 3 is 3.00 bits per heavy atom. The lowest BCUT2D eigenvalue weighted by Crippen LogP contribution is -1.91. The van der Waals surface area contributed by atoms with Gasteiger partial charge in [-0.15, -0.1) is 0 Å². The summed E-state index contributed by atoms with van der Waals surface area (Å²) in [5, 5.41) is 9.76. The minimum absolute atomic E-state index is 0.264. The molecule has 4 nitrogen and oxygen atoms in total. The van der Waals surface area contributed by atoms with Crippen molar-refractivity contribution in [1.29, 1.82) is 0 Å². The average molecular weight is 126 g/mol. The monoisotopic (exact) mass is 126 g/mol. The first-order chi connectivity index (χ1) is 4.29. The molecule has 0 saturated heterocycles. The Morgan fingerprint density at radius 1 is 1.78 bits per heavy atom. The first kappa shape index (κ1) is 5.81. The fourth-order valence-electron chi connectivity index (χ4n) is 0.469. The molecule has 0 bridgehead atoms. The molecule has 1 rings (SSSR count). The van der Waals surface area contributed by atoms with Crippen LogP contribution in [0.25, 0.3) is 0 Å². The molecule has 0 amide bonds. The summed E-state index contributed by atoms with van der Waals surface area (Å²) >= 11 is 0. The van der Waals surface area contributed by atoms with Gasteiger partial charge < -0.3 is 4.42 Å². The van der Waals surface area contributed by atoms with Crippen LogP contribution in [0.5, 0.6) is 0 Å². The van der Waals surface area contributed by atoms with Gasteiger partial charge in [-0.25, -0.2) is 0 Å². The molecule has 0 aliphatic heterocycles. The minimum atomic E-state index is -0.557. The summed E-state index contributed by atoms with van der Waals surface area (Å²) in [6.07, 6.45) is 1.38. The highest BCUT2D eigenvalue weighted by atomic mass is 16.6. The van der Waals surface area contributed by atoms with Crippen molar-refractivity contribution < 1.29 is 9.34 Å². The lowest BCUT2D eigenvalue weighted by molar-refractivity contribution is -0.431. The fourth-order valence-corrected chi connectivity index (χ4v) is 0.469. The number of nitro groups is 1. The first-order valence-electron chi connectivity index (χ1n) is 2.31. The van der Waals surface area contributed by atoms with E-state index < -0.39 is 4.92 Å². The molecule has 1 aromatic heterocycles. The molecule has 1 aromatic rings. The van der Waals surface area contributed by atoms with Gasteiger partial charge in [0, 0.05) is 4.92 Å². The number of nitrogens with zero attached hydrogens (tertiary/aromatic N) is 1. The molecule has 0 aliphatic rings. The Labute approximate surface area is 51.2 Å². The molecule has 4 heteroatoms. The zero-order chi connectivity index (χ0) is 6.69. The van der Waals surface area contributed by atoms with E-state index in [2.05, 4.69) is 4.42 Å². The van der Waals surface area contributed by atoms with Crippen LogP contribution in [0.4, 0.5) is 0 Å². The predicted octanol–water partition coefficient (Wildman–Crippen LogP) is 1.07. The lowest BCUT2D eigenvalue weighted by Gasteiger charge is -1.82. The number of hydrogen-bond donors (Lipinski definition) is 0. The smallest absolute Gasteiger partial charge is 0.342 e. The van der Waals surface area contributed by atoms with E-state index in [0.717, 1.165) is 6.54 Å². The Kier molecular flexibility index (Phi) is 1.48. The zero-order valence-corrected chi connectivity index (χ0v) is 4.48. The van der Waals surface area contributed by atoms with Gasteiger partial charge in [0.15, 0.2) is 5.76 Å². The topological polar surface area (TPSA) is 56.3 Å². The second kappa shape index (κ2) is 2.30. The van der Waals surface area contributed by atoms with Crippen LogP contribution < -0.4 is 0 Å². The average Bonchev–Trinajstić information content (AvgIpc) is 2.15. The third kappa shape index (κ3) is 1.56. The second-order valence-electron chi connectivity index (χ2n) is 1.43. The molecule has 0 N–H and O–H groups in total. The van der Waals surface area contributed by atoms with Gasteiger partial charge in [0.1, 0.15) is 0 Å². The molecule has 1 radical (unpaired) electrons. The highest BCUT2D eigenvalue weighted by molar-refractivity contribution is 5.03. The van der Waals surface area contributed by atoms with Crippen LogP contribution in [0, 0.1) is 16.7 Å². The molecule has 9 heavy (non-hydrogen) atoms. The Hall–Kier alpha value is -1.32. The quantitative estimate of drug-likeness (QED) is 0.439. The van der Waals surface area contributed by atoms with Crippen molar-refractivity contribution in [2.75, 3.05) is 0 Å². The maximum Gasteiger partial charge on any atom is 0.342 e. The van der Waals surface area contributed by atoms with Crippen LogP contribution in [0.1, 0.15) is 5.76 Å². The van der Waals surface area contributed by atoms with Crippen LogP contribution in [-0.2, 0) is 0 Å². The molecular weight excluding hydrogens is 122 g/mol. The molecule has 0 aliphatic carbocycles. The van der Waals surface area contributed by atoms with E-state index in [0.29, 0.717) is 0 Å². The Morgan fingerprint density at radius 2 is 2.56 bits per heavy atom. The summed E-state index contributed by atoms with van der Waals surface area (Å²) in [6, 6.07) is 3.11. The number of furan rings is 1. The maximum atomic E-state index is 9.76. The van der Waals surface area contributed by atoms with Gasteiger partial charge in [0.05, 0.1) is 6.26 Å². The summed E-state index contributed by atoms with van der Waals surface area (Å²) in [4.78, 5) is 9.20. The Bertz CT molecular complexity index is 192. The van der Waals surface area contributed by atoms with Gasteiger partial charge in [-0.05, 0) is 12.1 Å². The molecule has 47 valence electrons. The van der Waals surface area contributed by atoms with Gasteiger partial charge in [0.25, 0.3) is 0 Å². The molecule has 0 fully saturated rings. The zero-order valence-electron chi connectivity index (χ0n) is 4.48. The van der Waals surface area contributed by atoms with Crippen LogP contribution in [0.2, 0.25) is 0 Å². The highest BCUT2D eigenvalue weighted by Gasteiger charge is 2.04. The summed E-state index contributed by atoms with van der Waals surface area (Å²) in [5.74, 6) is 0.264. The molecule has 0 unspecified atom stereocenters. The maximum absolute atomic E-state index is 9.76. The van der Waals surface area contributed by atoms with E-state index in [-0.39, 0.29) is 5.76 Å². The van der Waals surface area contributed by atoms with Crippen molar-refractivity contribution >= 4 is 0 Å². The fraction of sp³-hybridized carbons (Fsp3) is 0. The third-order valence-electron chi connectivity index (χ3n) is 0.776. The molecular formula is C5H4NO3. The standard InChI is InChI=1S/C5H4NO3/c7-6(8)4-5-2-1-3-9-5/h1-4H. The van der Waals surface area contributed by atoms with Crippen molar-refractivity contribution in [3.63, 3.8) is 0 Å². The van der Waals surface area contributed by atoms with Crippen molar-refractivity contribution in [2.45, 2.75) is 0 Å². The Balaban J connectivity index is 2.58. The van der Waals surface area contributed by atoms with Crippen molar-refractivity contribution in [3.05, 3.63) is 40.8 Å². The number of hydrogen-bond acceptors (Lipinski definition) is 3. The van der Waals surface area contributed by atoms with E-state index in [1.54, 1.807) is 6.07 Å². The largest absolute Gasteiger partial charge is 0.462 e. The molecule has 0 aromatic carbocycles. The lowest BCUT2D eigenvalue weighted by atomic mass is 10.5. The van der Waals surface area contributed by atoms with Gasteiger partial charge in [0.2, 0.25) is 0 Å².